The highest BCUT2D eigenvalue weighted by atomic mass is 32.2. The van der Waals surface area contributed by atoms with Gasteiger partial charge >= 0.3 is 12.1 Å². The topological polar surface area (TPSA) is 120 Å². The lowest BCUT2D eigenvalue weighted by atomic mass is 10.1. The van der Waals surface area contributed by atoms with E-state index in [2.05, 4.69) is 15.0 Å². The van der Waals surface area contributed by atoms with Crippen molar-refractivity contribution in [3.63, 3.8) is 0 Å². The maximum atomic E-state index is 13.8. The molecule has 0 bridgehead atoms. The average molecular weight is 567 g/mol. The van der Waals surface area contributed by atoms with E-state index < -0.39 is 40.5 Å². The molecule has 0 aliphatic carbocycles. The predicted molar refractivity (Wildman–Crippen MR) is 136 cm³/mol. The third kappa shape index (κ3) is 6.40. The molecular formula is C25H25F3N4O6S. The van der Waals surface area contributed by atoms with Crippen LogP contribution in [0, 0.1) is 0 Å². The SMILES string of the molecule is CC(=O)OCC(=O)Nc1ccc(S(=O)(=O)N(C)c2ccc3c(c2)nc(C(F)(F)F)n3C=C2CCOCC2)cc1. The average Bonchev–Trinajstić information content (AvgIpc) is 3.26. The van der Waals surface area contributed by atoms with E-state index in [9.17, 15) is 31.2 Å². The van der Waals surface area contributed by atoms with Crippen molar-refractivity contribution in [2.45, 2.75) is 30.8 Å². The zero-order valence-corrected chi connectivity index (χ0v) is 21.8. The largest absolute Gasteiger partial charge is 0.456 e. The van der Waals surface area contributed by atoms with Crippen molar-refractivity contribution >= 4 is 50.5 Å². The molecule has 2 heterocycles. The van der Waals surface area contributed by atoms with Gasteiger partial charge in [-0.15, -0.1) is 0 Å². The number of amides is 1. The first-order chi connectivity index (χ1) is 18.4. The van der Waals surface area contributed by atoms with Crippen LogP contribution in [0.2, 0.25) is 0 Å². The fourth-order valence-electron chi connectivity index (χ4n) is 3.93. The number of alkyl halides is 3. The first-order valence-electron chi connectivity index (χ1n) is 11.7. The lowest BCUT2D eigenvalue weighted by Crippen LogP contribution is -2.26. The van der Waals surface area contributed by atoms with Gasteiger partial charge in [-0.3, -0.25) is 18.5 Å². The molecule has 1 saturated heterocycles. The minimum absolute atomic E-state index is 0.0170. The summed E-state index contributed by atoms with van der Waals surface area (Å²) in [7, 11) is -2.84. The highest BCUT2D eigenvalue weighted by Crippen LogP contribution is 2.34. The molecule has 208 valence electrons. The normalized spacial score (nSPS) is 14.2. The van der Waals surface area contributed by atoms with Crippen molar-refractivity contribution in [1.82, 2.24) is 9.55 Å². The second kappa shape index (κ2) is 11.1. The molecule has 1 N–H and O–H groups in total. The number of nitrogens with one attached hydrogen (secondary N) is 1. The van der Waals surface area contributed by atoms with Crippen molar-refractivity contribution in [3.8, 4) is 0 Å². The number of hydrogen-bond acceptors (Lipinski definition) is 7. The Labute approximate surface area is 222 Å². The summed E-state index contributed by atoms with van der Waals surface area (Å²) in [5, 5.41) is 2.47. The number of ether oxygens (including phenoxy) is 2. The Morgan fingerprint density at radius 3 is 2.44 bits per heavy atom. The van der Waals surface area contributed by atoms with Crippen LogP contribution in [-0.2, 0) is 35.3 Å². The van der Waals surface area contributed by atoms with Gasteiger partial charge in [-0.25, -0.2) is 13.4 Å². The highest BCUT2D eigenvalue weighted by molar-refractivity contribution is 7.92. The van der Waals surface area contributed by atoms with Gasteiger partial charge in [0.2, 0.25) is 5.82 Å². The second-order valence-corrected chi connectivity index (χ2v) is 10.7. The molecule has 4 rings (SSSR count). The maximum Gasteiger partial charge on any atom is 0.450 e. The fourth-order valence-corrected chi connectivity index (χ4v) is 5.12. The Morgan fingerprint density at radius 2 is 1.82 bits per heavy atom. The molecule has 0 radical (unpaired) electrons. The van der Waals surface area contributed by atoms with Crippen molar-refractivity contribution < 1.29 is 40.7 Å². The van der Waals surface area contributed by atoms with Gasteiger partial charge in [0.15, 0.2) is 6.61 Å². The number of aromatic nitrogens is 2. The van der Waals surface area contributed by atoms with E-state index in [-0.39, 0.29) is 27.3 Å². The van der Waals surface area contributed by atoms with E-state index in [1.807, 2.05) is 0 Å². The van der Waals surface area contributed by atoms with Crippen LogP contribution in [0.1, 0.15) is 25.6 Å². The minimum atomic E-state index is -4.73. The molecule has 2 aromatic carbocycles. The van der Waals surface area contributed by atoms with Crippen LogP contribution in [0.25, 0.3) is 17.2 Å². The number of esters is 1. The van der Waals surface area contributed by atoms with Gasteiger partial charge in [0.1, 0.15) is 0 Å². The molecule has 14 heteroatoms. The number of rotatable bonds is 7. The van der Waals surface area contributed by atoms with Gasteiger partial charge in [0.05, 0.1) is 34.8 Å². The Bertz CT molecular complexity index is 1520. The summed E-state index contributed by atoms with van der Waals surface area (Å²) in [5.41, 5.74) is 1.35. The molecule has 1 aromatic heterocycles. The number of nitrogens with zero attached hydrogens (tertiary/aromatic N) is 3. The third-order valence-corrected chi connectivity index (χ3v) is 7.74. The molecule has 3 aromatic rings. The number of fused-ring (bicyclic) bond motifs is 1. The van der Waals surface area contributed by atoms with Gasteiger partial charge in [0.25, 0.3) is 15.9 Å². The molecular weight excluding hydrogens is 541 g/mol. The second-order valence-electron chi connectivity index (χ2n) is 8.70. The van der Waals surface area contributed by atoms with Crippen LogP contribution < -0.4 is 9.62 Å². The van der Waals surface area contributed by atoms with E-state index in [4.69, 9.17) is 4.74 Å². The molecule has 1 fully saturated rings. The molecule has 1 aliphatic rings. The standard InChI is InChI=1S/C25H25F3N4O6S/c1-16(33)38-15-23(34)29-18-3-6-20(7-4-18)39(35,36)31(2)19-5-8-22-21(13-19)30-24(25(26,27)28)32(22)14-17-9-11-37-12-10-17/h3-8,13-14H,9-12,15H2,1-2H3,(H,29,34). The summed E-state index contributed by atoms with van der Waals surface area (Å²) in [4.78, 5) is 26.3. The monoisotopic (exact) mass is 566 g/mol. The first kappa shape index (κ1) is 28.1. The number of halogens is 3. The van der Waals surface area contributed by atoms with E-state index in [0.717, 1.165) is 21.4 Å². The quantitative estimate of drug-likeness (QED) is 0.429. The predicted octanol–water partition coefficient (Wildman–Crippen LogP) is 4.03. The summed E-state index contributed by atoms with van der Waals surface area (Å²) in [6.45, 7) is 1.52. The zero-order chi connectivity index (χ0) is 28.4. The summed E-state index contributed by atoms with van der Waals surface area (Å²) >= 11 is 0. The zero-order valence-electron chi connectivity index (χ0n) is 21.0. The Morgan fingerprint density at radius 1 is 1.15 bits per heavy atom. The Kier molecular flexibility index (Phi) is 7.97. The summed E-state index contributed by atoms with van der Waals surface area (Å²) in [6, 6.07) is 9.34. The van der Waals surface area contributed by atoms with Crippen molar-refractivity contribution in [2.24, 2.45) is 0 Å². The van der Waals surface area contributed by atoms with Gasteiger partial charge in [-0.1, -0.05) is 0 Å². The minimum Gasteiger partial charge on any atom is -0.456 e. The van der Waals surface area contributed by atoms with Crippen LogP contribution in [0.3, 0.4) is 0 Å². The summed E-state index contributed by atoms with van der Waals surface area (Å²) in [6.07, 6.45) is -2.29. The highest BCUT2D eigenvalue weighted by Gasteiger charge is 2.37. The lowest BCUT2D eigenvalue weighted by molar-refractivity contribution is -0.145. The number of benzene rings is 2. The third-order valence-electron chi connectivity index (χ3n) is 5.94. The summed E-state index contributed by atoms with van der Waals surface area (Å²) < 4.78 is 79.7. The number of hydrogen-bond donors (Lipinski definition) is 1. The summed E-state index contributed by atoms with van der Waals surface area (Å²) in [5.74, 6) is -2.33. The Hall–Kier alpha value is -3.91. The van der Waals surface area contributed by atoms with Gasteiger partial charge < -0.3 is 14.8 Å². The van der Waals surface area contributed by atoms with Crippen LogP contribution in [0.5, 0.6) is 0 Å². The fraction of sp³-hybridized carbons (Fsp3) is 0.320. The van der Waals surface area contributed by atoms with Crippen molar-refractivity contribution in [3.05, 3.63) is 53.9 Å². The number of imidazole rings is 1. The molecule has 10 nitrogen and oxygen atoms in total. The lowest BCUT2D eigenvalue weighted by Gasteiger charge is -2.20. The van der Waals surface area contributed by atoms with E-state index in [1.54, 1.807) is 0 Å². The molecule has 0 atom stereocenters. The van der Waals surface area contributed by atoms with Gasteiger partial charge in [0, 0.05) is 25.9 Å². The Balaban J connectivity index is 1.60. The van der Waals surface area contributed by atoms with Crippen LogP contribution in [0.4, 0.5) is 24.5 Å². The number of carbonyl (C=O) groups excluding carboxylic acids is 2. The van der Waals surface area contributed by atoms with Gasteiger partial charge in [-0.2, -0.15) is 13.2 Å². The molecule has 1 amide bonds. The van der Waals surface area contributed by atoms with E-state index in [0.29, 0.717) is 26.1 Å². The van der Waals surface area contributed by atoms with Crippen molar-refractivity contribution in [1.29, 1.82) is 0 Å². The number of carbonyl (C=O) groups is 2. The first-order valence-corrected chi connectivity index (χ1v) is 13.2. The van der Waals surface area contributed by atoms with Crippen LogP contribution in [0.15, 0.2) is 52.9 Å². The maximum absolute atomic E-state index is 13.8. The van der Waals surface area contributed by atoms with Crippen LogP contribution in [-0.4, -0.2) is 56.7 Å². The van der Waals surface area contributed by atoms with Crippen LogP contribution >= 0.6 is 0 Å². The molecule has 0 spiro atoms. The molecule has 39 heavy (non-hydrogen) atoms. The molecule has 1 aliphatic heterocycles. The van der Waals surface area contributed by atoms with E-state index in [1.165, 1.54) is 55.7 Å². The number of sulfonamides is 1. The van der Waals surface area contributed by atoms with E-state index >= 15 is 0 Å². The van der Waals surface area contributed by atoms with Crippen molar-refractivity contribution in [2.75, 3.05) is 36.5 Å². The molecule has 0 unspecified atom stereocenters. The molecule has 0 saturated carbocycles. The van der Waals surface area contributed by atoms with Gasteiger partial charge in [-0.05, 0) is 60.9 Å². The number of anilines is 2. The smallest absolute Gasteiger partial charge is 0.450 e.